The zero-order valence-electron chi connectivity index (χ0n) is 10.4. The number of oxime groups is 1. The zero-order valence-corrected chi connectivity index (χ0v) is 10.4. The number of amidine groups is 1. The molecule has 0 saturated heterocycles. The Morgan fingerprint density at radius 3 is 2.68 bits per heavy atom. The fourth-order valence-corrected chi connectivity index (χ4v) is 2.21. The van der Waals surface area contributed by atoms with E-state index < -0.39 is 5.41 Å². The van der Waals surface area contributed by atoms with E-state index in [1.54, 1.807) is 18.2 Å². The van der Waals surface area contributed by atoms with Gasteiger partial charge in [-0.3, -0.25) is 4.79 Å². The number of nitrogens with two attached hydrogens (primary N) is 1. The minimum Gasteiger partial charge on any atom is -0.409 e. The first-order valence-electron chi connectivity index (χ1n) is 6.10. The van der Waals surface area contributed by atoms with Crippen LogP contribution in [-0.2, 0) is 11.3 Å². The molecule has 1 aliphatic carbocycles. The van der Waals surface area contributed by atoms with Gasteiger partial charge in [0.2, 0.25) is 5.91 Å². The van der Waals surface area contributed by atoms with Gasteiger partial charge in [0.25, 0.3) is 0 Å². The second-order valence-electron chi connectivity index (χ2n) is 4.69. The average Bonchev–Trinajstić information content (AvgIpc) is 2.36. The highest BCUT2D eigenvalue weighted by atomic mass is 19.1. The predicted molar refractivity (Wildman–Crippen MR) is 67.9 cm³/mol. The lowest BCUT2D eigenvalue weighted by Gasteiger charge is -2.38. The molecule has 6 heteroatoms. The van der Waals surface area contributed by atoms with Crippen LogP contribution in [0.15, 0.2) is 29.4 Å². The molecular weight excluding hydrogens is 249 g/mol. The summed E-state index contributed by atoms with van der Waals surface area (Å²) < 4.78 is 13.4. The second kappa shape index (κ2) is 5.26. The quantitative estimate of drug-likeness (QED) is 0.332. The van der Waals surface area contributed by atoms with Crippen molar-refractivity contribution in [2.24, 2.45) is 16.3 Å². The van der Waals surface area contributed by atoms with Crippen LogP contribution in [-0.4, -0.2) is 17.0 Å². The van der Waals surface area contributed by atoms with E-state index in [4.69, 9.17) is 10.9 Å². The van der Waals surface area contributed by atoms with Crippen LogP contribution in [0.5, 0.6) is 0 Å². The molecule has 1 aromatic carbocycles. The molecule has 0 aliphatic heterocycles. The summed E-state index contributed by atoms with van der Waals surface area (Å²) in [6.45, 7) is 0.0893. The van der Waals surface area contributed by atoms with Crippen molar-refractivity contribution < 1.29 is 14.4 Å². The Bertz CT molecular complexity index is 512. The van der Waals surface area contributed by atoms with Gasteiger partial charge in [-0.2, -0.15) is 0 Å². The number of carbonyl (C=O) groups excluding carboxylic acids is 1. The summed E-state index contributed by atoms with van der Waals surface area (Å²) >= 11 is 0. The molecule has 4 N–H and O–H groups in total. The Kier molecular flexibility index (Phi) is 3.69. The maximum absolute atomic E-state index is 13.4. The van der Waals surface area contributed by atoms with E-state index in [0.29, 0.717) is 18.4 Å². The van der Waals surface area contributed by atoms with Gasteiger partial charge in [-0.25, -0.2) is 4.39 Å². The van der Waals surface area contributed by atoms with Crippen LogP contribution in [0.25, 0.3) is 0 Å². The van der Waals surface area contributed by atoms with E-state index in [1.165, 1.54) is 6.07 Å². The predicted octanol–water partition coefficient (Wildman–Crippen LogP) is 1.36. The third-order valence-corrected chi connectivity index (χ3v) is 3.64. The fourth-order valence-electron chi connectivity index (χ4n) is 2.21. The van der Waals surface area contributed by atoms with Crippen molar-refractivity contribution in [2.75, 3.05) is 0 Å². The molecule has 1 fully saturated rings. The summed E-state index contributed by atoms with van der Waals surface area (Å²) in [6.07, 6.45) is 1.95. The van der Waals surface area contributed by atoms with Crippen LogP contribution in [0.1, 0.15) is 24.8 Å². The minimum absolute atomic E-state index is 0.0789. The van der Waals surface area contributed by atoms with E-state index in [9.17, 15) is 9.18 Å². The number of halogens is 1. The Balaban J connectivity index is 2.04. The van der Waals surface area contributed by atoms with Gasteiger partial charge in [-0.15, -0.1) is 0 Å². The van der Waals surface area contributed by atoms with Crippen LogP contribution in [0.2, 0.25) is 0 Å². The number of carbonyl (C=O) groups is 1. The molecule has 0 bridgehead atoms. The van der Waals surface area contributed by atoms with Gasteiger partial charge < -0.3 is 16.3 Å². The largest absolute Gasteiger partial charge is 0.409 e. The molecule has 1 aliphatic rings. The molecule has 19 heavy (non-hydrogen) atoms. The van der Waals surface area contributed by atoms with Crippen molar-refractivity contribution in [1.29, 1.82) is 0 Å². The molecule has 1 aromatic rings. The molecule has 0 radical (unpaired) electrons. The van der Waals surface area contributed by atoms with Crippen molar-refractivity contribution in [3.05, 3.63) is 35.6 Å². The minimum atomic E-state index is -0.931. The molecule has 0 atom stereocenters. The van der Waals surface area contributed by atoms with E-state index in [2.05, 4.69) is 10.5 Å². The summed E-state index contributed by atoms with van der Waals surface area (Å²) in [7, 11) is 0. The SMILES string of the molecule is N/C(=N/O)C1(C(=O)NCc2ccccc2F)CCC1. The van der Waals surface area contributed by atoms with Crippen molar-refractivity contribution in [3.63, 3.8) is 0 Å². The van der Waals surface area contributed by atoms with Crippen molar-refractivity contribution in [1.82, 2.24) is 5.32 Å². The summed E-state index contributed by atoms with van der Waals surface area (Å²) in [5.74, 6) is -0.767. The number of hydrogen-bond donors (Lipinski definition) is 3. The lowest BCUT2D eigenvalue weighted by atomic mass is 9.67. The molecular formula is C13H16FN3O2. The first-order chi connectivity index (χ1) is 9.10. The maximum Gasteiger partial charge on any atom is 0.234 e. The van der Waals surface area contributed by atoms with Gasteiger partial charge in [-0.1, -0.05) is 29.8 Å². The van der Waals surface area contributed by atoms with Crippen LogP contribution < -0.4 is 11.1 Å². The highest BCUT2D eigenvalue weighted by molar-refractivity contribution is 6.07. The van der Waals surface area contributed by atoms with Gasteiger partial charge in [-0.05, 0) is 18.9 Å². The fraction of sp³-hybridized carbons (Fsp3) is 0.385. The topological polar surface area (TPSA) is 87.7 Å². The number of nitrogens with one attached hydrogen (secondary N) is 1. The van der Waals surface area contributed by atoms with E-state index in [0.717, 1.165) is 6.42 Å². The van der Waals surface area contributed by atoms with Gasteiger partial charge in [0.15, 0.2) is 5.84 Å². The highest BCUT2D eigenvalue weighted by Gasteiger charge is 2.48. The third-order valence-electron chi connectivity index (χ3n) is 3.64. The first-order valence-corrected chi connectivity index (χ1v) is 6.10. The molecule has 0 spiro atoms. The highest BCUT2D eigenvalue weighted by Crippen LogP contribution is 2.41. The van der Waals surface area contributed by atoms with Crippen molar-refractivity contribution >= 4 is 11.7 Å². The molecule has 0 unspecified atom stereocenters. The number of rotatable bonds is 4. The molecule has 0 aromatic heterocycles. The van der Waals surface area contributed by atoms with Crippen LogP contribution in [0.4, 0.5) is 4.39 Å². The normalized spacial score (nSPS) is 17.6. The zero-order chi connectivity index (χ0) is 13.9. The molecule has 102 valence electrons. The number of benzene rings is 1. The van der Waals surface area contributed by atoms with Gasteiger partial charge in [0.05, 0.1) is 0 Å². The molecule has 1 saturated carbocycles. The van der Waals surface area contributed by atoms with Gasteiger partial charge in [0.1, 0.15) is 11.2 Å². The van der Waals surface area contributed by atoms with Crippen LogP contribution >= 0.6 is 0 Å². The molecule has 2 rings (SSSR count). The van der Waals surface area contributed by atoms with E-state index in [-0.39, 0.29) is 24.1 Å². The van der Waals surface area contributed by atoms with Crippen LogP contribution in [0, 0.1) is 11.2 Å². The standard InChI is InChI=1S/C13H16FN3O2/c14-10-5-2-1-4-9(10)8-16-12(18)13(6-3-7-13)11(15)17-19/h1-2,4-5,19H,3,6-8H2,(H2,15,17)(H,16,18). The molecule has 1 amide bonds. The Morgan fingerprint density at radius 2 is 2.16 bits per heavy atom. The van der Waals surface area contributed by atoms with E-state index in [1.807, 2.05) is 0 Å². The van der Waals surface area contributed by atoms with Crippen LogP contribution in [0.3, 0.4) is 0 Å². The summed E-state index contributed by atoms with van der Waals surface area (Å²) in [6, 6.07) is 6.23. The molecule has 5 nitrogen and oxygen atoms in total. The number of nitrogens with zero attached hydrogens (tertiary/aromatic N) is 1. The first kappa shape index (κ1) is 13.3. The Morgan fingerprint density at radius 1 is 1.47 bits per heavy atom. The average molecular weight is 265 g/mol. The van der Waals surface area contributed by atoms with Gasteiger partial charge >= 0.3 is 0 Å². The molecule has 0 heterocycles. The smallest absolute Gasteiger partial charge is 0.234 e. The summed E-state index contributed by atoms with van der Waals surface area (Å²) in [5, 5.41) is 14.3. The Hall–Kier alpha value is -2.11. The third kappa shape index (κ3) is 2.38. The lowest BCUT2D eigenvalue weighted by molar-refractivity contribution is -0.131. The summed E-state index contributed by atoms with van der Waals surface area (Å²) in [5.41, 5.74) is 5.05. The maximum atomic E-state index is 13.4. The second-order valence-corrected chi connectivity index (χ2v) is 4.69. The van der Waals surface area contributed by atoms with Crippen molar-refractivity contribution in [3.8, 4) is 0 Å². The summed E-state index contributed by atoms with van der Waals surface area (Å²) in [4.78, 5) is 12.1. The monoisotopic (exact) mass is 265 g/mol. The van der Waals surface area contributed by atoms with E-state index >= 15 is 0 Å². The Labute approximate surface area is 110 Å². The number of hydrogen-bond acceptors (Lipinski definition) is 3. The van der Waals surface area contributed by atoms with Crippen molar-refractivity contribution in [2.45, 2.75) is 25.8 Å². The van der Waals surface area contributed by atoms with Gasteiger partial charge in [0, 0.05) is 12.1 Å². The number of amides is 1. The lowest BCUT2D eigenvalue weighted by Crippen LogP contribution is -2.53.